The monoisotopic (exact) mass is 259 g/mol. The van der Waals surface area contributed by atoms with Crippen LogP contribution in [0.25, 0.3) is 11.3 Å². The van der Waals surface area contributed by atoms with Gasteiger partial charge in [-0.25, -0.2) is 4.98 Å². The van der Waals surface area contributed by atoms with E-state index < -0.39 is 0 Å². The van der Waals surface area contributed by atoms with Crippen molar-refractivity contribution in [2.45, 2.75) is 13.5 Å². The van der Waals surface area contributed by atoms with Crippen LogP contribution < -0.4 is 10.5 Å². The number of thiazole rings is 1. The highest BCUT2D eigenvalue weighted by Gasteiger charge is 2.16. The Morgan fingerprint density at radius 2 is 2.28 bits per heavy atom. The molecule has 0 spiro atoms. The molecule has 92 valence electrons. The van der Waals surface area contributed by atoms with E-state index in [-0.39, 0.29) is 0 Å². The minimum atomic E-state index is 0.341. The fourth-order valence-electron chi connectivity index (χ4n) is 1.72. The Morgan fingerprint density at radius 3 is 2.89 bits per heavy atom. The lowest BCUT2D eigenvalue weighted by molar-refractivity contribution is 0.416. The molecule has 0 atom stereocenters. The van der Waals surface area contributed by atoms with E-state index in [9.17, 15) is 0 Å². The quantitative estimate of drug-likeness (QED) is 0.919. The second-order valence-corrected chi connectivity index (χ2v) is 4.89. The van der Waals surface area contributed by atoms with Crippen molar-refractivity contribution in [3.05, 3.63) is 33.6 Å². The van der Waals surface area contributed by atoms with Gasteiger partial charge in [0.15, 0.2) is 0 Å². The van der Waals surface area contributed by atoms with Crippen molar-refractivity contribution in [3.63, 3.8) is 0 Å². The predicted octanol–water partition coefficient (Wildman–Crippen LogP) is 2.46. The zero-order chi connectivity index (χ0) is 13.1. The zero-order valence-corrected chi connectivity index (χ0v) is 11.0. The molecule has 0 saturated carbocycles. The predicted molar refractivity (Wildman–Crippen MR) is 71.4 cm³/mol. The van der Waals surface area contributed by atoms with Crippen molar-refractivity contribution in [1.82, 2.24) is 4.98 Å². The third kappa shape index (κ3) is 2.21. The Balaban J connectivity index is 2.64. The standard InChI is InChI=1S/C13H13N3OS/c1-8-3-4-10(17-2)9(5-8)13-11(6-14)18-12(7-15)16-13/h3-5H,7,15H2,1-2H3. The molecule has 0 aliphatic carbocycles. The van der Waals surface area contributed by atoms with Crippen molar-refractivity contribution in [2.75, 3.05) is 7.11 Å². The first-order chi connectivity index (χ1) is 8.69. The molecule has 2 rings (SSSR count). The van der Waals surface area contributed by atoms with Gasteiger partial charge in [0.05, 0.1) is 7.11 Å². The van der Waals surface area contributed by atoms with Crippen molar-refractivity contribution in [3.8, 4) is 23.1 Å². The Morgan fingerprint density at radius 1 is 1.50 bits per heavy atom. The number of aromatic nitrogens is 1. The molecule has 0 amide bonds. The van der Waals surface area contributed by atoms with E-state index in [0.717, 1.165) is 16.1 Å². The Hall–Kier alpha value is -1.90. The molecule has 0 aliphatic rings. The number of benzene rings is 1. The molecule has 0 fully saturated rings. The maximum atomic E-state index is 9.16. The van der Waals surface area contributed by atoms with Crippen LogP contribution in [0, 0.1) is 18.3 Å². The number of hydrogen-bond donors (Lipinski definition) is 1. The highest BCUT2D eigenvalue weighted by molar-refractivity contribution is 7.12. The first-order valence-electron chi connectivity index (χ1n) is 5.44. The van der Waals surface area contributed by atoms with E-state index in [2.05, 4.69) is 11.1 Å². The fourth-order valence-corrected chi connectivity index (χ4v) is 2.47. The molecule has 0 saturated heterocycles. The molecule has 4 nitrogen and oxygen atoms in total. The molecule has 1 aromatic carbocycles. The van der Waals surface area contributed by atoms with Crippen LogP contribution in [-0.2, 0) is 6.54 Å². The molecular formula is C13H13N3OS. The Labute approximate surface area is 110 Å². The van der Waals surface area contributed by atoms with Crippen LogP contribution in [0.15, 0.2) is 18.2 Å². The number of ether oxygens (including phenoxy) is 1. The van der Waals surface area contributed by atoms with Crippen LogP contribution in [0.1, 0.15) is 15.4 Å². The topological polar surface area (TPSA) is 71.9 Å². The third-order valence-corrected chi connectivity index (χ3v) is 3.54. The average Bonchev–Trinajstić information content (AvgIpc) is 2.81. The summed E-state index contributed by atoms with van der Waals surface area (Å²) in [5.41, 5.74) is 8.16. The summed E-state index contributed by atoms with van der Waals surface area (Å²) in [7, 11) is 1.61. The Bertz CT molecular complexity index is 613. The lowest BCUT2D eigenvalue weighted by Crippen LogP contribution is -1.95. The second-order valence-electron chi connectivity index (χ2n) is 3.81. The SMILES string of the molecule is COc1ccc(C)cc1-c1nc(CN)sc1C#N. The number of nitrogens with zero attached hydrogens (tertiary/aromatic N) is 2. The van der Waals surface area contributed by atoms with Crippen LogP contribution in [0.3, 0.4) is 0 Å². The van der Waals surface area contributed by atoms with Gasteiger partial charge < -0.3 is 10.5 Å². The van der Waals surface area contributed by atoms with Gasteiger partial charge in [-0.05, 0) is 19.1 Å². The largest absolute Gasteiger partial charge is 0.496 e. The average molecular weight is 259 g/mol. The summed E-state index contributed by atoms with van der Waals surface area (Å²) in [5.74, 6) is 0.714. The molecule has 2 N–H and O–H groups in total. The number of hydrogen-bond acceptors (Lipinski definition) is 5. The van der Waals surface area contributed by atoms with Crippen molar-refractivity contribution >= 4 is 11.3 Å². The van der Waals surface area contributed by atoms with Crippen molar-refractivity contribution in [2.24, 2.45) is 5.73 Å². The summed E-state index contributed by atoms with van der Waals surface area (Å²) >= 11 is 1.33. The van der Waals surface area contributed by atoms with E-state index in [1.54, 1.807) is 7.11 Å². The van der Waals surface area contributed by atoms with E-state index in [1.165, 1.54) is 11.3 Å². The first kappa shape index (κ1) is 12.6. The van der Waals surface area contributed by atoms with Gasteiger partial charge in [-0.2, -0.15) is 5.26 Å². The fraction of sp³-hybridized carbons (Fsp3) is 0.231. The Kier molecular flexibility index (Phi) is 3.60. The molecule has 0 radical (unpaired) electrons. The second kappa shape index (κ2) is 5.17. The summed E-state index contributed by atoms with van der Waals surface area (Å²) in [6.45, 7) is 2.33. The van der Waals surface area contributed by atoms with Crippen LogP contribution in [0.4, 0.5) is 0 Å². The summed E-state index contributed by atoms with van der Waals surface area (Å²) < 4.78 is 5.32. The van der Waals surface area contributed by atoms with Gasteiger partial charge in [-0.15, -0.1) is 11.3 Å². The summed E-state index contributed by atoms with van der Waals surface area (Å²) in [6.07, 6.45) is 0. The molecule has 1 aromatic heterocycles. The van der Waals surface area contributed by atoms with Crippen LogP contribution >= 0.6 is 11.3 Å². The van der Waals surface area contributed by atoms with E-state index in [1.807, 2.05) is 25.1 Å². The van der Waals surface area contributed by atoms with Gasteiger partial charge in [0, 0.05) is 12.1 Å². The maximum Gasteiger partial charge on any atom is 0.133 e. The van der Waals surface area contributed by atoms with Gasteiger partial charge in [-0.3, -0.25) is 0 Å². The van der Waals surface area contributed by atoms with Gasteiger partial charge in [0.2, 0.25) is 0 Å². The van der Waals surface area contributed by atoms with E-state index >= 15 is 0 Å². The molecule has 0 aliphatic heterocycles. The number of methoxy groups -OCH3 is 1. The lowest BCUT2D eigenvalue weighted by Gasteiger charge is -2.07. The van der Waals surface area contributed by atoms with Gasteiger partial charge in [0.25, 0.3) is 0 Å². The molecule has 0 bridgehead atoms. The van der Waals surface area contributed by atoms with E-state index in [0.29, 0.717) is 22.9 Å². The van der Waals surface area contributed by atoms with Crippen LogP contribution in [-0.4, -0.2) is 12.1 Å². The smallest absolute Gasteiger partial charge is 0.133 e. The van der Waals surface area contributed by atoms with Crippen LogP contribution in [0.2, 0.25) is 0 Å². The maximum absolute atomic E-state index is 9.16. The van der Waals surface area contributed by atoms with Crippen molar-refractivity contribution < 1.29 is 4.74 Å². The molecular weight excluding hydrogens is 246 g/mol. The normalized spacial score (nSPS) is 10.1. The summed E-state index contributed by atoms with van der Waals surface area (Å²) in [5, 5.41) is 9.92. The molecule has 1 heterocycles. The van der Waals surface area contributed by atoms with Gasteiger partial charge >= 0.3 is 0 Å². The van der Waals surface area contributed by atoms with Crippen LogP contribution in [0.5, 0.6) is 5.75 Å². The minimum absolute atomic E-state index is 0.341. The third-order valence-electron chi connectivity index (χ3n) is 2.56. The molecule has 2 aromatic rings. The zero-order valence-electron chi connectivity index (χ0n) is 10.2. The number of rotatable bonds is 3. The molecule has 18 heavy (non-hydrogen) atoms. The first-order valence-corrected chi connectivity index (χ1v) is 6.26. The lowest BCUT2D eigenvalue weighted by atomic mass is 10.1. The van der Waals surface area contributed by atoms with Crippen molar-refractivity contribution in [1.29, 1.82) is 5.26 Å². The summed E-state index contributed by atoms with van der Waals surface area (Å²) in [6, 6.07) is 7.98. The highest BCUT2D eigenvalue weighted by Crippen LogP contribution is 2.34. The van der Waals surface area contributed by atoms with E-state index in [4.69, 9.17) is 15.7 Å². The number of nitriles is 1. The number of aryl methyl sites for hydroxylation is 1. The van der Waals surface area contributed by atoms with Gasteiger partial charge in [-0.1, -0.05) is 11.6 Å². The summed E-state index contributed by atoms with van der Waals surface area (Å²) in [4.78, 5) is 4.98. The highest BCUT2D eigenvalue weighted by atomic mass is 32.1. The molecule has 5 heteroatoms. The number of nitrogens with two attached hydrogens (primary N) is 1. The van der Waals surface area contributed by atoms with Gasteiger partial charge in [0.1, 0.15) is 27.4 Å². The molecule has 0 unspecified atom stereocenters. The minimum Gasteiger partial charge on any atom is -0.496 e.